The molecule has 0 amide bonds. The molecule has 0 aliphatic heterocycles. The van der Waals surface area contributed by atoms with E-state index in [9.17, 15) is 15.0 Å². The fourth-order valence-electron chi connectivity index (χ4n) is 5.64. The zero-order chi connectivity index (χ0) is 16.4. The van der Waals surface area contributed by atoms with Crippen molar-refractivity contribution >= 4 is 5.97 Å². The third-order valence-electron chi connectivity index (χ3n) is 6.66. The van der Waals surface area contributed by atoms with Crippen molar-refractivity contribution in [3.8, 4) is 0 Å². The maximum absolute atomic E-state index is 12.3. The second-order valence-corrected chi connectivity index (χ2v) is 8.98. The number of rotatable bonds is 4. The summed E-state index contributed by atoms with van der Waals surface area (Å²) in [6, 6.07) is 0. The van der Waals surface area contributed by atoms with E-state index in [-0.39, 0.29) is 17.3 Å². The second kappa shape index (κ2) is 4.70. The third kappa shape index (κ3) is 2.39. The number of hydrogen-bond donors (Lipinski definition) is 2. The first kappa shape index (κ1) is 16.3. The third-order valence-corrected chi connectivity index (χ3v) is 6.66. The van der Waals surface area contributed by atoms with Crippen molar-refractivity contribution in [1.29, 1.82) is 0 Å². The molecular formula is C18H30O4. The van der Waals surface area contributed by atoms with Gasteiger partial charge in [-0.05, 0) is 58.3 Å². The van der Waals surface area contributed by atoms with Crippen molar-refractivity contribution in [3.63, 3.8) is 0 Å². The van der Waals surface area contributed by atoms with Gasteiger partial charge in [0, 0.05) is 11.8 Å². The Hall–Kier alpha value is -0.610. The first-order valence-corrected chi connectivity index (χ1v) is 8.70. The summed E-state index contributed by atoms with van der Waals surface area (Å²) in [4.78, 5) is 12.3. The highest BCUT2D eigenvalue weighted by Gasteiger charge is 2.67. The van der Waals surface area contributed by atoms with Crippen LogP contribution in [-0.4, -0.2) is 33.0 Å². The van der Waals surface area contributed by atoms with E-state index >= 15 is 0 Å². The molecule has 4 aliphatic carbocycles. The number of ether oxygens (including phenoxy) is 1. The van der Waals surface area contributed by atoms with Gasteiger partial charge in [-0.2, -0.15) is 0 Å². The van der Waals surface area contributed by atoms with E-state index in [4.69, 9.17) is 4.74 Å². The largest absolute Gasteiger partial charge is 0.459 e. The molecule has 0 radical (unpaired) electrons. The molecule has 4 heteroatoms. The van der Waals surface area contributed by atoms with Gasteiger partial charge in [0.15, 0.2) is 0 Å². The van der Waals surface area contributed by atoms with E-state index in [1.165, 1.54) is 0 Å². The van der Waals surface area contributed by atoms with Crippen LogP contribution in [0.1, 0.15) is 72.6 Å². The molecule has 4 saturated carbocycles. The van der Waals surface area contributed by atoms with Crippen LogP contribution >= 0.6 is 0 Å². The molecule has 126 valence electrons. The van der Waals surface area contributed by atoms with Crippen LogP contribution in [0.5, 0.6) is 0 Å². The van der Waals surface area contributed by atoms with Gasteiger partial charge in [-0.3, -0.25) is 4.79 Å². The van der Waals surface area contributed by atoms with E-state index in [1.54, 1.807) is 0 Å². The average molecular weight is 310 g/mol. The predicted octanol–water partition coefficient (Wildman–Crippen LogP) is 2.80. The summed E-state index contributed by atoms with van der Waals surface area (Å²) < 4.78 is 5.90. The first-order valence-electron chi connectivity index (χ1n) is 8.70. The van der Waals surface area contributed by atoms with E-state index in [0.717, 1.165) is 25.7 Å². The summed E-state index contributed by atoms with van der Waals surface area (Å²) in [5, 5.41) is 21.8. The topological polar surface area (TPSA) is 66.8 Å². The van der Waals surface area contributed by atoms with Crippen molar-refractivity contribution in [2.75, 3.05) is 0 Å². The molecule has 4 bridgehead atoms. The smallest absolute Gasteiger partial charge is 0.309 e. The number of hydrogen-bond acceptors (Lipinski definition) is 4. The maximum Gasteiger partial charge on any atom is 0.309 e. The Morgan fingerprint density at radius 1 is 1.18 bits per heavy atom. The van der Waals surface area contributed by atoms with Gasteiger partial charge < -0.3 is 14.9 Å². The van der Waals surface area contributed by atoms with Gasteiger partial charge in [0.25, 0.3) is 0 Å². The quantitative estimate of drug-likeness (QED) is 0.784. The van der Waals surface area contributed by atoms with E-state index in [0.29, 0.717) is 25.2 Å². The van der Waals surface area contributed by atoms with Crippen molar-refractivity contribution < 1.29 is 19.7 Å². The normalized spacial score (nSPS) is 44.9. The Kier molecular flexibility index (Phi) is 3.47. The monoisotopic (exact) mass is 310 g/mol. The van der Waals surface area contributed by atoms with Gasteiger partial charge in [-0.15, -0.1) is 0 Å². The predicted molar refractivity (Wildman–Crippen MR) is 83.2 cm³/mol. The van der Waals surface area contributed by atoms with Crippen molar-refractivity contribution in [2.45, 2.75) is 89.4 Å². The van der Waals surface area contributed by atoms with Gasteiger partial charge in [0.05, 0.1) is 17.1 Å². The minimum atomic E-state index is -0.784. The first-order chi connectivity index (χ1) is 10.0. The Labute approximate surface area is 133 Å². The SMILES string of the molecule is CCC(C)C(=O)OC(C)(C)C12CC3CC(O)(CC(O)(C3)C1)C2. The Morgan fingerprint density at radius 2 is 1.73 bits per heavy atom. The van der Waals surface area contributed by atoms with Gasteiger partial charge in [-0.1, -0.05) is 13.8 Å². The Bertz CT molecular complexity index is 465. The number of carbonyl (C=O) groups is 1. The van der Waals surface area contributed by atoms with E-state index < -0.39 is 16.8 Å². The van der Waals surface area contributed by atoms with Crippen LogP contribution in [0.4, 0.5) is 0 Å². The average Bonchev–Trinajstić information content (AvgIpc) is 2.32. The number of carbonyl (C=O) groups excluding carboxylic acids is 1. The van der Waals surface area contributed by atoms with Crippen LogP contribution in [-0.2, 0) is 9.53 Å². The lowest BCUT2D eigenvalue weighted by Crippen LogP contribution is -2.68. The molecule has 0 spiro atoms. The molecule has 0 saturated heterocycles. The molecule has 3 unspecified atom stereocenters. The fraction of sp³-hybridized carbons (Fsp3) is 0.944. The number of aliphatic hydroxyl groups is 2. The van der Waals surface area contributed by atoms with Gasteiger partial charge in [-0.25, -0.2) is 0 Å². The highest BCUT2D eigenvalue weighted by atomic mass is 16.6. The molecule has 22 heavy (non-hydrogen) atoms. The minimum Gasteiger partial charge on any atom is -0.459 e. The number of esters is 1. The lowest BCUT2D eigenvalue weighted by molar-refractivity contribution is -0.273. The Balaban J connectivity index is 1.88. The zero-order valence-electron chi connectivity index (χ0n) is 14.3. The van der Waals surface area contributed by atoms with E-state index in [2.05, 4.69) is 0 Å². The van der Waals surface area contributed by atoms with Crippen LogP contribution in [0, 0.1) is 17.3 Å². The van der Waals surface area contributed by atoms with Crippen LogP contribution in [0.15, 0.2) is 0 Å². The summed E-state index contributed by atoms with van der Waals surface area (Å²) in [5.74, 6) is 0.0643. The molecule has 3 atom stereocenters. The summed E-state index contributed by atoms with van der Waals surface area (Å²) >= 11 is 0. The lowest BCUT2D eigenvalue weighted by Gasteiger charge is -2.66. The molecule has 2 N–H and O–H groups in total. The van der Waals surface area contributed by atoms with Crippen LogP contribution in [0.3, 0.4) is 0 Å². The van der Waals surface area contributed by atoms with Gasteiger partial charge >= 0.3 is 5.97 Å². The molecule has 4 aliphatic rings. The molecule has 0 aromatic heterocycles. The van der Waals surface area contributed by atoms with Gasteiger partial charge in [0.1, 0.15) is 5.60 Å². The molecule has 4 nitrogen and oxygen atoms in total. The van der Waals surface area contributed by atoms with Crippen molar-refractivity contribution in [2.24, 2.45) is 17.3 Å². The standard InChI is InChI=1S/C18H30O4/c1-5-12(2)14(19)22-15(3,4)16-6-13-7-17(20,9-16)11-18(21,8-13)10-16/h12-13,20-21H,5-11H2,1-4H3. The zero-order valence-corrected chi connectivity index (χ0v) is 14.3. The van der Waals surface area contributed by atoms with Crippen molar-refractivity contribution in [3.05, 3.63) is 0 Å². The highest BCUT2D eigenvalue weighted by Crippen LogP contribution is 2.66. The Morgan fingerprint density at radius 3 is 2.18 bits per heavy atom. The van der Waals surface area contributed by atoms with Gasteiger partial charge in [0.2, 0.25) is 0 Å². The molecular weight excluding hydrogens is 280 g/mol. The molecule has 0 heterocycles. The molecule has 0 aromatic carbocycles. The molecule has 0 aromatic rings. The minimum absolute atomic E-state index is 0.112. The summed E-state index contributed by atoms with van der Waals surface area (Å²) in [6.07, 6.45) is 5.03. The van der Waals surface area contributed by atoms with Crippen molar-refractivity contribution in [1.82, 2.24) is 0 Å². The second-order valence-electron chi connectivity index (χ2n) is 8.98. The summed E-state index contributed by atoms with van der Waals surface area (Å²) in [5.41, 5.74) is -2.53. The summed E-state index contributed by atoms with van der Waals surface area (Å²) in [6.45, 7) is 7.80. The van der Waals surface area contributed by atoms with E-state index in [1.807, 2.05) is 27.7 Å². The van der Waals surface area contributed by atoms with Crippen LogP contribution in [0.25, 0.3) is 0 Å². The van der Waals surface area contributed by atoms with Crippen LogP contribution < -0.4 is 0 Å². The molecule has 4 rings (SSSR count). The summed E-state index contributed by atoms with van der Waals surface area (Å²) in [7, 11) is 0. The maximum atomic E-state index is 12.3. The van der Waals surface area contributed by atoms with Crippen LogP contribution in [0.2, 0.25) is 0 Å². The molecule has 4 fully saturated rings. The fourth-order valence-corrected chi connectivity index (χ4v) is 5.64. The highest BCUT2D eigenvalue weighted by molar-refractivity contribution is 5.72. The lowest BCUT2D eigenvalue weighted by atomic mass is 9.43.